The van der Waals surface area contributed by atoms with E-state index in [9.17, 15) is 4.79 Å². The van der Waals surface area contributed by atoms with Crippen molar-refractivity contribution in [3.63, 3.8) is 0 Å². The van der Waals surface area contributed by atoms with Crippen LogP contribution in [0, 0.1) is 0 Å². The molecular formula is C19H17NO3. The molecule has 0 aliphatic carbocycles. The lowest BCUT2D eigenvalue weighted by atomic mass is 10.1. The van der Waals surface area contributed by atoms with Crippen LogP contribution in [0.3, 0.4) is 0 Å². The summed E-state index contributed by atoms with van der Waals surface area (Å²) >= 11 is 0. The van der Waals surface area contributed by atoms with Crippen LogP contribution in [0.1, 0.15) is 10.4 Å². The van der Waals surface area contributed by atoms with Crippen molar-refractivity contribution in [3.05, 3.63) is 72.3 Å². The number of fused-ring (bicyclic) bond motifs is 1. The van der Waals surface area contributed by atoms with Crippen LogP contribution >= 0.6 is 0 Å². The number of benzene rings is 3. The summed E-state index contributed by atoms with van der Waals surface area (Å²) in [6.07, 6.45) is 0. The molecule has 116 valence electrons. The third kappa shape index (κ3) is 3.61. The average molecular weight is 307 g/mol. The quantitative estimate of drug-likeness (QED) is 0.710. The van der Waals surface area contributed by atoms with Crippen LogP contribution in [0.15, 0.2) is 66.7 Å². The monoisotopic (exact) mass is 307 g/mol. The van der Waals surface area contributed by atoms with Crippen molar-refractivity contribution in [1.29, 1.82) is 0 Å². The number of rotatable bonds is 6. The van der Waals surface area contributed by atoms with Crippen molar-refractivity contribution < 1.29 is 14.3 Å². The Balaban J connectivity index is 1.58. The van der Waals surface area contributed by atoms with Gasteiger partial charge >= 0.3 is 0 Å². The largest absolute Gasteiger partial charge is 0.490 e. The van der Waals surface area contributed by atoms with E-state index in [4.69, 9.17) is 15.2 Å². The smallest absolute Gasteiger partial charge is 0.252 e. The molecule has 0 heterocycles. The summed E-state index contributed by atoms with van der Waals surface area (Å²) in [5.74, 6) is 0.758. The molecule has 0 spiro atoms. The number of nitrogens with two attached hydrogens (primary N) is 1. The molecule has 0 aliphatic rings. The Morgan fingerprint density at radius 3 is 2.35 bits per heavy atom. The molecular weight excluding hydrogens is 290 g/mol. The van der Waals surface area contributed by atoms with Gasteiger partial charge in [0.2, 0.25) is 0 Å². The van der Waals surface area contributed by atoms with Gasteiger partial charge < -0.3 is 15.2 Å². The SMILES string of the molecule is NC(=O)c1ccccc1OCCOc1ccc2ccccc2c1. The van der Waals surface area contributed by atoms with Gasteiger partial charge in [0.25, 0.3) is 5.91 Å². The molecule has 0 unspecified atom stereocenters. The Morgan fingerprint density at radius 1 is 0.826 bits per heavy atom. The molecule has 0 aliphatic heterocycles. The Morgan fingerprint density at radius 2 is 1.52 bits per heavy atom. The van der Waals surface area contributed by atoms with E-state index in [0.29, 0.717) is 24.5 Å². The zero-order valence-corrected chi connectivity index (χ0v) is 12.6. The van der Waals surface area contributed by atoms with E-state index in [1.165, 1.54) is 5.39 Å². The summed E-state index contributed by atoms with van der Waals surface area (Å²) in [7, 11) is 0. The zero-order chi connectivity index (χ0) is 16.1. The normalized spacial score (nSPS) is 10.4. The fraction of sp³-hybridized carbons (Fsp3) is 0.105. The van der Waals surface area contributed by atoms with Crippen LogP contribution in [0.5, 0.6) is 11.5 Å². The van der Waals surface area contributed by atoms with E-state index in [1.54, 1.807) is 24.3 Å². The zero-order valence-electron chi connectivity index (χ0n) is 12.6. The standard InChI is InChI=1S/C19H17NO3/c20-19(21)17-7-3-4-8-18(17)23-12-11-22-16-10-9-14-5-1-2-6-15(14)13-16/h1-10,13H,11-12H2,(H2,20,21). The summed E-state index contributed by atoms with van der Waals surface area (Å²) in [4.78, 5) is 11.3. The van der Waals surface area contributed by atoms with Crippen molar-refractivity contribution in [1.82, 2.24) is 0 Å². The van der Waals surface area contributed by atoms with Gasteiger partial charge in [-0.25, -0.2) is 0 Å². The predicted molar refractivity (Wildman–Crippen MR) is 89.9 cm³/mol. The highest BCUT2D eigenvalue weighted by Crippen LogP contribution is 2.21. The second kappa shape index (κ2) is 6.83. The molecule has 4 heteroatoms. The Labute approximate surface area is 134 Å². The summed E-state index contributed by atoms with van der Waals surface area (Å²) in [6.45, 7) is 0.711. The van der Waals surface area contributed by atoms with Gasteiger partial charge in [-0.1, -0.05) is 42.5 Å². The van der Waals surface area contributed by atoms with Crippen molar-refractivity contribution in [2.75, 3.05) is 13.2 Å². The lowest BCUT2D eigenvalue weighted by Crippen LogP contribution is -2.15. The van der Waals surface area contributed by atoms with Crippen LogP contribution in [0.4, 0.5) is 0 Å². The van der Waals surface area contributed by atoms with Crippen LogP contribution in [-0.4, -0.2) is 19.1 Å². The summed E-state index contributed by atoms with van der Waals surface area (Å²) < 4.78 is 11.3. The maximum Gasteiger partial charge on any atom is 0.252 e. The molecule has 3 aromatic carbocycles. The number of primary amides is 1. The van der Waals surface area contributed by atoms with Gasteiger partial charge in [-0.15, -0.1) is 0 Å². The summed E-state index contributed by atoms with van der Waals surface area (Å²) in [6, 6.07) is 21.0. The number of para-hydroxylation sites is 1. The highest BCUT2D eigenvalue weighted by Gasteiger charge is 2.07. The molecule has 4 nitrogen and oxygen atoms in total. The first-order valence-electron chi connectivity index (χ1n) is 7.37. The molecule has 2 N–H and O–H groups in total. The Kier molecular flexibility index (Phi) is 4.43. The molecule has 3 aromatic rings. The van der Waals surface area contributed by atoms with E-state index in [2.05, 4.69) is 6.07 Å². The molecule has 1 amide bonds. The van der Waals surface area contributed by atoms with Gasteiger partial charge in [0.05, 0.1) is 5.56 Å². The minimum absolute atomic E-state index is 0.330. The molecule has 0 fully saturated rings. The van der Waals surface area contributed by atoms with E-state index in [-0.39, 0.29) is 0 Å². The van der Waals surface area contributed by atoms with Crippen molar-refractivity contribution in [2.45, 2.75) is 0 Å². The third-order valence-corrected chi connectivity index (χ3v) is 3.48. The van der Waals surface area contributed by atoms with E-state index < -0.39 is 5.91 Å². The number of carbonyl (C=O) groups excluding carboxylic acids is 1. The minimum Gasteiger partial charge on any atom is -0.490 e. The van der Waals surface area contributed by atoms with Gasteiger partial charge in [0, 0.05) is 0 Å². The average Bonchev–Trinajstić information content (AvgIpc) is 2.59. The van der Waals surface area contributed by atoms with Crippen molar-refractivity contribution in [2.24, 2.45) is 5.73 Å². The van der Waals surface area contributed by atoms with Gasteiger partial charge in [0.15, 0.2) is 0 Å². The number of ether oxygens (including phenoxy) is 2. The van der Waals surface area contributed by atoms with Crippen molar-refractivity contribution >= 4 is 16.7 Å². The topological polar surface area (TPSA) is 61.6 Å². The summed E-state index contributed by atoms with van der Waals surface area (Å²) in [5.41, 5.74) is 5.69. The lowest BCUT2D eigenvalue weighted by Gasteiger charge is -2.11. The maximum absolute atomic E-state index is 11.3. The second-order valence-corrected chi connectivity index (χ2v) is 5.07. The fourth-order valence-electron chi connectivity index (χ4n) is 2.36. The Bertz CT molecular complexity index is 829. The maximum atomic E-state index is 11.3. The first-order valence-corrected chi connectivity index (χ1v) is 7.37. The first-order chi connectivity index (χ1) is 11.2. The van der Waals surface area contributed by atoms with Crippen LogP contribution < -0.4 is 15.2 Å². The molecule has 0 atom stereocenters. The third-order valence-electron chi connectivity index (χ3n) is 3.48. The van der Waals surface area contributed by atoms with Crippen LogP contribution in [-0.2, 0) is 0 Å². The van der Waals surface area contributed by atoms with Crippen LogP contribution in [0.2, 0.25) is 0 Å². The number of carbonyl (C=O) groups is 1. The van der Waals surface area contributed by atoms with Crippen molar-refractivity contribution in [3.8, 4) is 11.5 Å². The molecule has 0 saturated carbocycles. The minimum atomic E-state index is -0.504. The van der Waals surface area contributed by atoms with Gasteiger partial charge in [-0.3, -0.25) is 4.79 Å². The molecule has 0 aromatic heterocycles. The van der Waals surface area contributed by atoms with E-state index in [1.807, 2.05) is 36.4 Å². The number of hydrogen-bond donors (Lipinski definition) is 1. The fourth-order valence-corrected chi connectivity index (χ4v) is 2.36. The predicted octanol–water partition coefficient (Wildman–Crippen LogP) is 3.40. The lowest BCUT2D eigenvalue weighted by molar-refractivity contribution is 0.0995. The highest BCUT2D eigenvalue weighted by molar-refractivity contribution is 5.95. The first kappa shape index (κ1) is 14.9. The van der Waals surface area contributed by atoms with Crippen LogP contribution in [0.25, 0.3) is 10.8 Å². The molecule has 0 bridgehead atoms. The number of hydrogen-bond acceptors (Lipinski definition) is 3. The summed E-state index contributed by atoms with van der Waals surface area (Å²) in [5, 5.41) is 2.30. The number of amides is 1. The molecule has 0 radical (unpaired) electrons. The molecule has 3 rings (SSSR count). The second-order valence-electron chi connectivity index (χ2n) is 5.07. The van der Waals surface area contributed by atoms with Gasteiger partial charge in [-0.05, 0) is 35.0 Å². The van der Waals surface area contributed by atoms with Gasteiger partial charge in [0.1, 0.15) is 24.7 Å². The van der Waals surface area contributed by atoms with E-state index >= 15 is 0 Å². The Hall–Kier alpha value is -3.01. The molecule has 23 heavy (non-hydrogen) atoms. The molecule has 0 saturated heterocycles. The van der Waals surface area contributed by atoms with E-state index in [0.717, 1.165) is 11.1 Å². The van der Waals surface area contributed by atoms with Gasteiger partial charge in [-0.2, -0.15) is 0 Å². The highest BCUT2D eigenvalue weighted by atomic mass is 16.5.